The Labute approximate surface area is 188 Å². The summed E-state index contributed by atoms with van der Waals surface area (Å²) in [5, 5.41) is 24.3. The van der Waals surface area contributed by atoms with Crippen molar-refractivity contribution in [2.45, 2.75) is 46.3 Å². The number of carbonyl (C=O) groups is 1. The van der Waals surface area contributed by atoms with E-state index >= 15 is 0 Å². The van der Waals surface area contributed by atoms with Crippen molar-refractivity contribution in [2.75, 3.05) is 13.2 Å². The summed E-state index contributed by atoms with van der Waals surface area (Å²) in [6.07, 6.45) is -0.0418. The maximum Gasteiger partial charge on any atom is 0.307 e. The third-order valence-electron chi connectivity index (χ3n) is 5.07. The molecule has 0 saturated carbocycles. The van der Waals surface area contributed by atoms with Crippen LogP contribution in [0.3, 0.4) is 0 Å². The molecule has 0 fully saturated rings. The molecule has 0 unspecified atom stereocenters. The molecule has 1 heterocycles. The van der Waals surface area contributed by atoms with Gasteiger partial charge in [0.25, 0.3) is 0 Å². The van der Waals surface area contributed by atoms with Gasteiger partial charge >= 0.3 is 5.97 Å². The Morgan fingerprint density at radius 3 is 2.34 bits per heavy atom. The van der Waals surface area contributed by atoms with Gasteiger partial charge in [-0.25, -0.2) is 0 Å². The van der Waals surface area contributed by atoms with E-state index < -0.39 is 12.1 Å². The minimum atomic E-state index is -0.900. The summed E-state index contributed by atoms with van der Waals surface area (Å²) < 4.78 is 13.4. The average Bonchev–Trinajstić information content (AvgIpc) is 3.18. The number of carboxylic acids is 1. The first-order valence-corrected chi connectivity index (χ1v) is 10.9. The van der Waals surface area contributed by atoms with Crippen LogP contribution < -0.4 is 9.47 Å². The highest BCUT2D eigenvalue weighted by Gasteiger charge is 2.19. The molecular formula is C25H30N2O5. The lowest BCUT2D eigenvalue weighted by molar-refractivity contribution is -0.136. The lowest BCUT2D eigenvalue weighted by Gasteiger charge is -2.14. The van der Waals surface area contributed by atoms with Crippen LogP contribution in [0.5, 0.6) is 11.5 Å². The smallest absolute Gasteiger partial charge is 0.307 e. The Morgan fingerprint density at radius 1 is 1.00 bits per heavy atom. The molecule has 0 amide bonds. The first-order chi connectivity index (χ1) is 15.5. The number of rotatable bonds is 11. The van der Waals surface area contributed by atoms with E-state index in [2.05, 4.69) is 0 Å². The SMILES string of the molecule is CCOc1ccc(CC(=O)O)cc1-c1cc(-c2ccccc2OCC)n(C[C@@H](O)CC)n1. The largest absolute Gasteiger partial charge is 0.493 e. The average molecular weight is 439 g/mol. The zero-order chi connectivity index (χ0) is 23.1. The van der Waals surface area contributed by atoms with E-state index in [1.54, 1.807) is 22.9 Å². The van der Waals surface area contributed by atoms with E-state index in [-0.39, 0.29) is 6.42 Å². The molecule has 0 radical (unpaired) electrons. The zero-order valence-electron chi connectivity index (χ0n) is 18.7. The second-order valence-corrected chi connectivity index (χ2v) is 7.42. The van der Waals surface area contributed by atoms with Gasteiger partial charge in [-0.15, -0.1) is 0 Å². The Bertz CT molecular complexity index is 1060. The van der Waals surface area contributed by atoms with Gasteiger partial charge in [-0.05, 0) is 56.2 Å². The zero-order valence-corrected chi connectivity index (χ0v) is 18.7. The molecule has 3 rings (SSSR count). The molecular weight excluding hydrogens is 408 g/mol. The van der Waals surface area contributed by atoms with Gasteiger partial charge in [0.2, 0.25) is 0 Å². The number of nitrogens with zero attached hydrogens (tertiary/aromatic N) is 2. The van der Waals surface area contributed by atoms with Crippen LogP contribution in [0.1, 0.15) is 32.8 Å². The number of aliphatic hydroxyl groups is 1. The quantitative estimate of drug-likeness (QED) is 0.461. The van der Waals surface area contributed by atoms with Crippen LogP contribution in [-0.4, -0.2) is 45.3 Å². The van der Waals surface area contributed by atoms with Crippen LogP contribution in [0.2, 0.25) is 0 Å². The molecule has 2 N–H and O–H groups in total. The van der Waals surface area contributed by atoms with Gasteiger partial charge in [0.05, 0.1) is 43.7 Å². The van der Waals surface area contributed by atoms with Gasteiger partial charge in [0.15, 0.2) is 0 Å². The van der Waals surface area contributed by atoms with Crippen molar-refractivity contribution < 1.29 is 24.5 Å². The minimum Gasteiger partial charge on any atom is -0.493 e. The third kappa shape index (κ3) is 5.48. The van der Waals surface area contributed by atoms with Crippen molar-refractivity contribution in [3.05, 3.63) is 54.1 Å². The summed E-state index contributed by atoms with van der Waals surface area (Å²) in [6, 6.07) is 15.0. The third-order valence-corrected chi connectivity index (χ3v) is 5.07. The number of carboxylic acid groups (broad SMARTS) is 1. The number of aliphatic hydroxyl groups excluding tert-OH is 1. The Hall–Kier alpha value is -3.32. The number of hydrogen-bond acceptors (Lipinski definition) is 5. The van der Waals surface area contributed by atoms with Crippen molar-refractivity contribution >= 4 is 5.97 Å². The van der Waals surface area contributed by atoms with Gasteiger partial charge in [-0.3, -0.25) is 9.48 Å². The van der Waals surface area contributed by atoms with Gasteiger partial charge in [-0.2, -0.15) is 5.10 Å². The van der Waals surface area contributed by atoms with Crippen LogP contribution in [0, 0.1) is 0 Å². The molecule has 0 aliphatic carbocycles. The van der Waals surface area contributed by atoms with Crippen molar-refractivity contribution in [3.63, 3.8) is 0 Å². The fourth-order valence-corrected chi connectivity index (χ4v) is 3.54. The predicted molar refractivity (Wildman–Crippen MR) is 123 cm³/mol. The van der Waals surface area contributed by atoms with Crippen LogP contribution in [-0.2, 0) is 17.8 Å². The monoisotopic (exact) mass is 438 g/mol. The molecule has 0 saturated heterocycles. The lowest BCUT2D eigenvalue weighted by atomic mass is 10.0. The maximum absolute atomic E-state index is 11.2. The van der Waals surface area contributed by atoms with Crippen molar-refractivity contribution in [2.24, 2.45) is 0 Å². The van der Waals surface area contributed by atoms with E-state index in [4.69, 9.17) is 14.6 Å². The molecule has 0 bridgehead atoms. The molecule has 0 aliphatic heterocycles. The molecule has 7 nitrogen and oxygen atoms in total. The lowest BCUT2D eigenvalue weighted by Crippen LogP contribution is -2.16. The van der Waals surface area contributed by atoms with E-state index in [0.717, 1.165) is 17.0 Å². The van der Waals surface area contributed by atoms with Gasteiger partial charge < -0.3 is 19.7 Å². The standard InChI is InChI=1S/C25H30N2O5/c1-4-18(28)16-27-22(19-9-7-8-10-23(19)31-5-2)15-21(26-27)20-13-17(14-25(29)30)11-12-24(20)32-6-3/h7-13,15,18,28H,4-6,14,16H2,1-3H3,(H,29,30)/t18-/m0/s1. The van der Waals surface area contributed by atoms with Crippen LogP contribution in [0.4, 0.5) is 0 Å². The summed E-state index contributed by atoms with van der Waals surface area (Å²) in [5.41, 5.74) is 3.70. The summed E-state index contributed by atoms with van der Waals surface area (Å²) in [5.74, 6) is 0.466. The minimum absolute atomic E-state index is 0.0886. The van der Waals surface area contributed by atoms with E-state index in [1.165, 1.54) is 0 Å². The van der Waals surface area contributed by atoms with Crippen LogP contribution >= 0.6 is 0 Å². The number of para-hydroxylation sites is 1. The molecule has 0 aliphatic rings. The van der Waals surface area contributed by atoms with Gasteiger partial charge in [0.1, 0.15) is 11.5 Å². The number of aromatic nitrogens is 2. The summed E-state index contributed by atoms with van der Waals surface area (Å²) in [6.45, 7) is 7.08. The van der Waals surface area contributed by atoms with Crippen molar-refractivity contribution in [1.29, 1.82) is 0 Å². The molecule has 0 spiro atoms. The van der Waals surface area contributed by atoms with Crippen LogP contribution in [0.15, 0.2) is 48.5 Å². The second kappa shape index (κ2) is 10.8. The van der Waals surface area contributed by atoms with E-state index in [9.17, 15) is 15.0 Å². The first kappa shape index (κ1) is 23.3. The molecule has 7 heteroatoms. The molecule has 170 valence electrons. The topological polar surface area (TPSA) is 93.8 Å². The fourth-order valence-electron chi connectivity index (χ4n) is 3.54. The highest BCUT2D eigenvalue weighted by atomic mass is 16.5. The van der Waals surface area contributed by atoms with E-state index in [1.807, 2.05) is 51.1 Å². The number of aliphatic carboxylic acids is 1. The Morgan fingerprint density at radius 2 is 1.69 bits per heavy atom. The number of ether oxygens (including phenoxy) is 2. The van der Waals surface area contributed by atoms with Gasteiger partial charge in [0, 0.05) is 11.1 Å². The highest BCUT2D eigenvalue weighted by Crippen LogP contribution is 2.36. The molecule has 1 atom stereocenters. The first-order valence-electron chi connectivity index (χ1n) is 10.9. The maximum atomic E-state index is 11.2. The molecule has 2 aromatic carbocycles. The number of hydrogen-bond donors (Lipinski definition) is 2. The Balaban J connectivity index is 2.16. The summed E-state index contributed by atoms with van der Waals surface area (Å²) >= 11 is 0. The highest BCUT2D eigenvalue weighted by molar-refractivity contribution is 5.77. The van der Waals surface area contributed by atoms with Crippen LogP contribution in [0.25, 0.3) is 22.5 Å². The van der Waals surface area contributed by atoms with Crippen molar-refractivity contribution in [3.8, 4) is 34.0 Å². The molecule has 3 aromatic rings. The molecule has 1 aromatic heterocycles. The Kier molecular flexibility index (Phi) is 7.89. The summed E-state index contributed by atoms with van der Waals surface area (Å²) in [7, 11) is 0. The summed E-state index contributed by atoms with van der Waals surface area (Å²) in [4.78, 5) is 11.2. The predicted octanol–water partition coefficient (Wildman–Crippen LogP) is 4.41. The molecule has 32 heavy (non-hydrogen) atoms. The van der Waals surface area contributed by atoms with Crippen molar-refractivity contribution in [1.82, 2.24) is 9.78 Å². The second-order valence-electron chi connectivity index (χ2n) is 7.42. The number of benzene rings is 2. The van der Waals surface area contributed by atoms with Gasteiger partial charge in [-0.1, -0.05) is 25.1 Å². The fraction of sp³-hybridized carbons (Fsp3) is 0.360. The van der Waals surface area contributed by atoms with E-state index in [0.29, 0.717) is 48.7 Å². The normalized spacial score (nSPS) is 11.9.